The molecule has 1 unspecified atom stereocenters. The van der Waals surface area contributed by atoms with E-state index in [4.69, 9.17) is 0 Å². The molecule has 1 N–H and O–H groups in total. The zero-order chi connectivity index (χ0) is 13.5. The molecule has 2 heteroatoms. The first-order chi connectivity index (χ1) is 8.52. The lowest BCUT2D eigenvalue weighted by atomic mass is 10.0. The molecule has 18 heavy (non-hydrogen) atoms. The van der Waals surface area contributed by atoms with Crippen LogP contribution in [0.15, 0.2) is 18.2 Å². The molecule has 0 aliphatic rings. The van der Waals surface area contributed by atoms with Gasteiger partial charge in [-0.3, -0.25) is 0 Å². The van der Waals surface area contributed by atoms with Crippen LogP contribution < -0.4 is 5.32 Å². The van der Waals surface area contributed by atoms with Gasteiger partial charge in [0.1, 0.15) is 0 Å². The molecule has 0 bridgehead atoms. The van der Waals surface area contributed by atoms with Crippen molar-refractivity contribution in [3.05, 3.63) is 34.9 Å². The predicted molar refractivity (Wildman–Crippen MR) is 84.6 cm³/mol. The van der Waals surface area contributed by atoms with Gasteiger partial charge < -0.3 is 5.32 Å². The van der Waals surface area contributed by atoms with Crippen molar-refractivity contribution in [2.24, 2.45) is 5.92 Å². The van der Waals surface area contributed by atoms with Crippen molar-refractivity contribution < 1.29 is 0 Å². The molecule has 0 heterocycles. The molecule has 1 nitrogen and oxygen atoms in total. The average molecular weight is 265 g/mol. The molecule has 0 aromatic heterocycles. The monoisotopic (exact) mass is 265 g/mol. The van der Waals surface area contributed by atoms with Crippen LogP contribution in [0.2, 0.25) is 0 Å². The van der Waals surface area contributed by atoms with Gasteiger partial charge in [-0.15, -0.1) is 0 Å². The molecule has 0 saturated carbocycles. The zero-order valence-electron chi connectivity index (χ0n) is 12.4. The first-order valence-corrected chi connectivity index (χ1v) is 7.99. The lowest BCUT2D eigenvalue weighted by Gasteiger charge is -2.17. The minimum absolute atomic E-state index is 0.579. The van der Waals surface area contributed by atoms with Crippen molar-refractivity contribution >= 4 is 11.8 Å². The minimum atomic E-state index is 0.579. The quantitative estimate of drug-likeness (QED) is 0.804. The smallest absolute Gasteiger partial charge is 0.0195 e. The first kappa shape index (κ1) is 15.6. The molecule has 0 spiro atoms. The maximum Gasteiger partial charge on any atom is 0.0195 e. The van der Waals surface area contributed by atoms with Crippen molar-refractivity contribution in [2.45, 2.75) is 40.2 Å². The fourth-order valence-electron chi connectivity index (χ4n) is 1.91. The second kappa shape index (κ2) is 7.85. The van der Waals surface area contributed by atoms with E-state index in [0.717, 1.165) is 12.3 Å². The number of aryl methyl sites for hydroxylation is 2. The number of benzene rings is 1. The summed E-state index contributed by atoms with van der Waals surface area (Å²) in [5.74, 6) is 3.24. The van der Waals surface area contributed by atoms with Crippen LogP contribution in [0.1, 0.15) is 30.5 Å². The SMILES string of the molecule is CNC(CSCC(C)C)Cc1ccc(C)c(C)c1. The van der Waals surface area contributed by atoms with Crippen LogP contribution in [0.5, 0.6) is 0 Å². The van der Waals surface area contributed by atoms with Crippen LogP contribution in [0.3, 0.4) is 0 Å². The molecule has 0 aliphatic carbocycles. The predicted octanol–water partition coefficient (Wildman–Crippen LogP) is 3.82. The Hall–Kier alpha value is -0.470. The van der Waals surface area contributed by atoms with Crippen molar-refractivity contribution in [1.82, 2.24) is 5.32 Å². The summed E-state index contributed by atoms with van der Waals surface area (Å²) in [6.07, 6.45) is 1.13. The Labute approximate surface area is 117 Å². The maximum absolute atomic E-state index is 3.44. The largest absolute Gasteiger partial charge is 0.316 e. The number of hydrogen-bond donors (Lipinski definition) is 1. The Morgan fingerprint density at radius 3 is 2.39 bits per heavy atom. The molecule has 0 amide bonds. The molecule has 0 radical (unpaired) electrons. The van der Waals surface area contributed by atoms with Gasteiger partial charge in [0, 0.05) is 11.8 Å². The van der Waals surface area contributed by atoms with Crippen molar-refractivity contribution in [3.63, 3.8) is 0 Å². The third-order valence-electron chi connectivity index (χ3n) is 3.23. The summed E-state index contributed by atoms with van der Waals surface area (Å²) in [5.41, 5.74) is 4.23. The number of thioether (sulfide) groups is 1. The fourth-order valence-corrected chi connectivity index (χ4v) is 3.08. The minimum Gasteiger partial charge on any atom is -0.316 e. The van der Waals surface area contributed by atoms with Crippen LogP contribution >= 0.6 is 11.8 Å². The van der Waals surface area contributed by atoms with Crippen LogP contribution in [-0.2, 0) is 6.42 Å². The Morgan fingerprint density at radius 2 is 1.83 bits per heavy atom. The van der Waals surface area contributed by atoms with Gasteiger partial charge in [-0.05, 0) is 55.7 Å². The van der Waals surface area contributed by atoms with Gasteiger partial charge >= 0.3 is 0 Å². The maximum atomic E-state index is 3.44. The lowest BCUT2D eigenvalue weighted by Crippen LogP contribution is -2.30. The van der Waals surface area contributed by atoms with Crippen LogP contribution in [0.4, 0.5) is 0 Å². The van der Waals surface area contributed by atoms with E-state index in [-0.39, 0.29) is 0 Å². The van der Waals surface area contributed by atoms with Crippen LogP contribution in [-0.4, -0.2) is 24.6 Å². The highest BCUT2D eigenvalue weighted by atomic mass is 32.2. The molecule has 1 rings (SSSR count). The Morgan fingerprint density at radius 1 is 1.11 bits per heavy atom. The molecule has 1 aromatic rings. The molecule has 0 fully saturated rings. The lowest BCUT2D eigenvalue weighted by molar-refractivity contribution is 0.615. The fraction of sp³-hybridized carbons (Fsp3) is 0.625. The molecular formula is C16H27NS. The van der Waals surface area contributed by atoms with E-state index >= 15 is 0 Å². The average Bonchev–Trinajstić information content (AvgIpc) is 2.32. The van der Waals surface area contributed by atoms with Crippen molar-refractivity contribution in [3.8, 4) is 0 Å². The third kappa shape index (κ3) is 5.45. The molecule has 0 saturated heterocycles. The summed E-state index contributed by atoms with van der Waals surface area (Å²) < 4.78 is 0. The highest BCUT2D eigenvalue weighted by Crippen LogP contribution is 2.15. The van der Waals surface area contributed by atoms with E-state index < -0.39 is 0 Å². The molecular weight excluding hydrogens is 238 g/mol. The highest BCUT2D eigenvalue weighted by molar-refractivity contribution is 7.99. The molecule has 1 atom stereocenters. The molecule has 0 aliphatic heterocycles. The molecule has 102 valence electrons. The van der Waals surface area contributed by atoms with Crippen LogP contribution in [0, 0.1) is 19.8 Å². The first-order valence-electron chi connectivity index (χ1n) is 6.84. The van der Waals surface area contributed by atoms with E-state index in [2.05, 4.69) is 70.0 Å². The summed E-state index contributed by atoms with van der Waals surface area (Å²) in [7, 11) is 2.07. The standard InChI is InChI=1S/C16H27NS/c1-12(2)10-18-11-16(17-5)9-15-7-6-13(3)14(4)8-15/h6-8,12,16-17H,9-11H2,1-5H3. The molecule has 1 aromatic carbocycles. The van der Waals surface area contributed by atoms with Gasteiger partial charge in [0.25, 0.3) is 0 Å². The summed E-state index contributed by atoms with van der Waals surface area (Å²) in [5, 5.41) is 3.44. The number of rotatable bonds is 7. The van der Waals surface area contributed by atoms with E-state index in [0.29, 0.717) is 6.04 Å². The third-order valence-corrected chi connectivity index (χ3v) is 4.77. The topological polar surface area (TPSA) is 12.0 Å². The normalized spacial score (nSPS) is 13.0. The summed E-state index contributed by atoms with van der Waals surface area (Å²) >= 11 is 2.06. The van der Waals surface area contributed by atoms with Crippen molar-refractivity contribution in [1.29, 1.82) is 0 Å². The van der Waals surface area contributed by atoms with Crippen LogP contribution in [0.25, 0.3) is 0 Å². The number of likely N-dealkylation sites (N-methyl/N-ethyl adjacent to an activating group) is 1. The van der Waals surface area contributed by atoms with Gasteiger partial charge in [0.15, 0.2) is 0 Å². The van der Waals surface area contributed by atoms with Gasteiger partial charge in [-0.1, -0.05) is 32.0 Å². The van der Waals surface area contributed by atoms with E-state index in [1.165, 1.54) is 28.2 Å². The second-order valence-electron chi connectivity index (χ2n) is 5.54. The Kier molecular flexibility index (Phi) is 6.80. The zero-order valence-corrected chi connectivity index (χ0v) is 13.2. The van der Waals surface area contributed by atoms with Gasteiger partial charge in [0.05, 0.1) is 0 Å². The van der Waals surface area contributed by atoms with Crippen molar-refractivity contribution in [2.75, 3.05) is 18.6 Å². The van der Waals surface area contributed by atoms with Gasteiger partial charge in [-0.25, -0.2) is 0 Å². The summed E-state index contributed by atoms with van der Waals surface area (Å²) in [6, 6.07) is 7.40. The van der Waals surface area contributed by atoms with Gasteiger partial charge in [-0.2, -0.15) is 11.8 Å². The van der Waals surface area contributed by atoms with E-state index in [1.807, 2.05) is 0 Å². The van der Waals surface area contributed by atoms with E-state index in [1.54, 1.807) is 0 Å². The summed E-state index contributed by atoms with van der Waals surface area (Å²) in [6.45, 7) is 8.93. The Bertz CT molecular complexity index is 360. The Balaban J connectivity index is 2.49. The second-order valence-corrected chi connectivity index (χ2v) is 6.61. The van der Waals surface area contributed by atoms with Gasteiger partial charge in [0.2, 0.25) is 0 Å². The van der Waals surface area contributed by atoms with E-state index in [9.17, 15) is 0 Å². The number of hydrogen-bond acceptors (Lipinski definition) is 2. The number of nitrogens with one attached hydrogen (secondary N) is 1. The highest BCUT2D eigenvalue weighted by Gasteiger charge is 2.08. The summed E-state index contributed by atoms with van der Waals surface area (Å²) in [4.78, 5) is 0.